The molecule has 0 amide bonds. The zero-order chi connectivity index (χ0) is 14.7. The van der Waals surface area contributed by atoms with Crippen LogP contribution in [-0.4, -0.2) is 11.5 Å². The molecule has 2 aromatic carbocycles. The van der Waals surface area contributed by atoms with E-state index in [1.165, 1.54) is 26.4 Å². The van der Waals surface area contributed by atoms with E-state index in [0.29, 0.717) is 6.04 Å². The lowest BCUT2D eigenvalue weighted by Crippen LogP contribution is -2.17. The van der Waals surface area contributed by atoms with Gasteiger partial charge in [-0.1, -0.05) is 49.0 Å². The Morgan fingerprint density at radius 2 is 1.86 bits per heavy atom. The summed E-state index contributed by atoms with van der Waals surface area (Å²) < 4.78 is 0. The van der Waals surface area contributed by atoms with E-state index in [4.69, 9.17) is 0 Å². The molecule has 0 bridgehead atoms. The van der Waals surface area contributed by atoms with Gasteiger partial charge in [0.05, 0.1) is 5.03 Å². The molecule has 0 saturated carbocycles. The standard InChI is InChI=1S/C18H20N2S/c1-3-19-13(2)14-8-10-16(11-9-14)21-18-12-15-6-4-5-7-17(15)20-18/h4-13,19-20H,3H2,1-2H3. The van der Waals surface area contributed by atoms with Crippen LogP contribution in [0.2, 0.25) is 0 Å². The summed E-state index contributed by atoms with van der Waals surface area (Å²) in [6, 6.07) is 19.8. The third-order valence-corrected chi connectivity index (χ3v) is 4.57. The second-order valence-electron chi connectivity index (χ2n) is 5.17. The Bertz CT molecular complexity index is 682. The van der Waals surface area contributed by atoms with Crippen LogP contribution in [0.5, 0.6) is 0 Å². The third kappa shape index (κ3) is 3.31. The topological polar surface area (TPSA) is 27.8 Å². The summed E-state index contributed by atoms with van der Waals surface area (Å²) in [5.74, 6) is 0. The fourth-order valence-electron chi connectivity index (χ4n) is 2.48. The van der Waals surface area contributed by atoms with Crippen LogP contribution >= 0.6 is 11.8 Å². The fraction of sp³-hybridized carbons (Fsp3) is 0.222. The van der Waals surface area contributed by atoms with Crippen LogP contribution in [0, 0.1) is 0 Å². The number of aromatic nitrogens is 1. The van der Waals surface area contributed by atoms with Crippen LogP contribution in [0.15, 0.2) is 64.5 Å². The number of aromatic amines is 1. The number of nitrogens with one attached hydrogen (secondary N) is 2. The molecule has 0 aliphatic rings. The maximum absolute atomic E-state index is 3.45. The molecule has 21 heavy (non-hydrogen) atoms. The van der Waals surface area contributed by atoms with Crippen molar-refractivity contribution in [3.63, 3.8) is 0 Å². The van der Waals surface area contributed by atoms with Crippen molar-refractivity contribution in [2.45, 2.75) is 29.8 Å². The molecular formula is C18H20N2S. The minimum Gasteiger partial charge on any atom is -0.349 e. The van der Waals surface area contributed by atoms with Crippen molar-refractivity contribution in [1.29, 1.82) is 0 Å². The van der Waals surface area contributed by atoms with Gasteiger partial charge in [-0.25, -0.2) is 0 Å². The summed E-state index contributed by atoms with van der Waals surface area (Å²) in [4.78, 5) is 4.71. The van der Waals surface area contributed by atoms with Crippen LogP contribution < -0.4 is 5.32 Å². The van der Waals surface area contributed by atoms with Gasteiger partial charge in [0, 0.05) is 21.8 Å². The number of para-hydroxylation sites is 1. The van der Waals surface area contributed by atoms with Crippen molar-refractivity contribution >= 4 is 22.7 Å². The van der Waals surface area contributed by atoms with Gasteiger partial charge in [0.1, 0.15) is 0 Å². The quantitative estimate of drug-likeness (QED) is 0.694. The molecule has 3 rings (SSSR count). The summed E-state index contributed by atoms with van der Waals surface area (Å²) >= 11 is 1.77. The zero-order valence-electron chi connectivity index (χ0n) is 12.4. The number of hydrogen-bond acceptors (Lipinski definition) is 2. The van der Waals surface area contributed by atoms with E-state index in [1.807, 2.05) is 0 Å². The Kier molecular flexibility index (Phi) is 4.32. The normalized spacial score (nSPS) is 12.7. The lowest BCUT2D eigenvalue weighted by molar-refractivity contribution is 0.598. The second-order valence-corrected chi connectivity index (χ2v) is 6.29. The van der Waals surface area contributed by atoms with Crippen molar-refractivity contribution < 1.29 is 0 Å². The number of benzene rings is 2. The minimum atomic E-state index is 0.405. The van der Waals surface area contributed by atoms with E-state index in [-0.39, 0.29) is 0 Å². The highest BCUT2D eigenvalue weighted by molar-refractivity contribution is 7.99. The van der Waals surface area contributed by atoms with Crippen LogP contribution in [0.3, 0.4) is 0 Å². The maximum atomic E-state index is 3.45. The summed E-state index contributed by atoms with van der Waals surface area (Å²) in [5.41, 5.74) is 2.52. The molecule has 2 nitrogen and oxygen atoms in total. The largest absolute Gasteiger partial charge is 0.349 e. The van der Waals surface area contributed by atoms with Crippen molar-refractivity contribution in [3.8, 4) is 0 Å². The van der Waals surface area contributed by atoms with E-state index in [9.17, 15) is 0 Å². The SMILES string of the molecule is CCNC(C)c1ccc(Sc2cc3ccccc3[nH]2)cc1. The molecule has 108 valence electrons. The van der Waals surface area contributed by atoms with Gasteiger partial charge in [-0.15, -0.1) is 0 Å². The van der Waals surface area contributed by atoms with Crippen molar-refractivity contribution in [2.24, 2.45) is 0 Å². The lowest BCUT2D eigenvalue weighted by Gasteiger charge is -2.12. The highest BCUT2D eigenvalue weighted by atomic mass is 32.2. The zero-order valence-corrected chi connectivity index (χ0v) is 13.2. The highest BCUT2D eigenvalue weighted by Gasteiger charge is 2.05. The molecule has 0 aliphatic carbocycles. The molecule has 0 aliphatic heterocycles. The van der Waals surface area contributed by atoms with E-state index in [2.05, 4.69) is 78.7 Å². The first-order valence-electron chi connectivity index (χ1n) is 7.35. The van der Waals surface area contributed by atoms with Crippen LogP contribution in [0.25, 0.3) is 10.9 Å². The van der Waals surface area contributed by atoms with Gasteiger partial charge in [-0.05, 0) is 43.3 Å². The number of rotatable bonds is 5. The second kappa shape index (κ2) is 6.37. The van der Waals surface area contributed by atoms with Gasteiger partial charge in [0.2, 0.25) is 0 Å². The van der Waals surface area contributed by atoms with Gasteiger partial charge >= 0.3 is 0 Å². The molecule has 0 fully saturated rings. The van der Waals surface area contributed by atoms with E-state index in [1.54, 1.807) is 11.8 Å². The fourth-order valence-corrected chi connectivity index (χ4v) is 3.35. The number of hydrogen-bond donors (Lipinski definition) is 2. The Balaban J connectivity index is 1.75. The van der Waals surface area contributed by atoms with Crippen molar-refractivity contribution in [3.05, 3.63) is 60.2 Å². The molecule has 3 aromatic rings. The predicted molar refractivity (Wildman–Crippen MR) is 91.0 cm³/mol. The molecular weight excluding hydrogens is 276 g/mol. The highest BCUT2D eigenvalue weighted by Crippen LogP contribution is 2.30. The molecule has 1 atom stereocenters. The average Bonchev–Trinajstić information content (AvgIpc) is 2.90. The van der Waals surface area contributed by atoms with Gasteiger partial charge < -0.3 is 10.3 Å². The van der Waals surface area contributed by atoms with Crippen molar-refractivity contribution in [1.82, 2.24) is 10.3 Å². The summed E-state index contributed by atoms with van der Waals surface area (Å²) in [7, 11) is 0. The lowest BCUT2D eigenvalue weighted by atomic mass is 10.1. The molecule has 1 heterocycles. The Morgan fingerprint density at radius 1 is 1.10 bits per heavy atom. The van der Waals surface area contributed by atoms with Gasteiger partial charge in [-0.2, -0.15) is 0 Å². The maximum Gasteiger partial charge on any atom is 0.0780 e. The average molecular weight is 296 g/mol. The van der Waals surface area contributed by atoms with E-state index >= 15 is 0 Å². The molecule has 3 heteroatoms. The van der Waals surface area contributed by atoms with E-state index in [0.717, 1.165) is 6.54 Å². The molecule has 0 radical (unpaired) electrons. The molecule has 0 spiro atoms. The van der Waals surface area contributed by atoms with Crippen LogP contribution in [0.1, 0.15) is 25.5 Å². The number of H-pyrrole nitrogens is 1. The molecule has 2 N–H and O–H groups in total. The van der Waals surface area contributed by atoms with Gasteiger partial charge in [-0.3, -0.25) is 0 Å². The number of fused-ring (bicyclic) bond motifs is 1. The molecule has 1 aromatic heterocycles. The first-order valence-corrected chi connectivity index (χ1v) is 8.17. The third-order valence-electron chi connectivity index (χ3n) is 3.62. The first-order chi connectivity index (χ1) is 10.3. The van der Waals surface area contributed by atoms with E-state index < -0.39 is 0 Å². The van der Waals surface area contributed by atoms with Crippen LogP contribution in [-0.2, 0) is 0 Å². The first kappa shape index (κ1) is 14.2. The van der Waals surface area contributed by atoms with Gasteiger partial charge in [0.15, 0.2) is 0 Å². The molecule has 0 saturated heterocycles. The Labute approximate surface area is 130 Å². The summed E-state index contributed by atoms with van der Waals surface area (Å²) in [6.45, 7) is 5.33. The minimum absolute atomic E-state index is 0.405. The monoisotopic (exact) mass is 296 g/mol. The van der Waals surface area contributed by atoms with Crippen molar-refractivity contribution in [2.75, 3.05) is 6.54 Å². The molecule has 1 unspecified atom stereocenters. The van der Waals surface area contributed by atoms with Crippen LogP contribution in [0.4, 0.5) is 0 Å². The smallest absolute Gasteiger partial charge is 0.0780 e. The Hall–Kier alpha value is -1.71. The van der Waals surface area contributed by atoms with Gasteiger partial charge in [0.25, 0.3) is 0 Å². The summed E-state index contributed by atoms with van der Waals surface area (Å²) in [5, 5.41) is 5.88. The Morgan fingerprint density at radius 3 is 2.57 bits per heavy atom. The predicted octanol–water partition coefficient (Wildman–Crippen LogP) is 4.99. The summed E-state index contributed by atoms with van der Waals surface area (Å²) in [6.07, 6.45) is 0.